The molecule has 1 heterocycles. The summed E-state index contributed by atoms with van der Waals surface area (Å²) in [6.45, 7) is 0. The molecule has 2 fully saturated rings. The lowest BCUT2D eigenvalue weighted by atomic mass is 9.54. The fourth-order valence-corrected chi connectivity index (χ4v) is 5.42. The van der Waals surface area contributed by atoms with Crippen LogP contribution in [-0.4, -0.2) is 28.1 Å². The molecule has 150 valence electrons. The second-order valence-electron chi connectivity index (χ2n) is 7.38. The van der Waals surface area contributed by atoms with E-state index in [0.29, 0.717) is 21.2 Å². The molecule has 1 saturated heterocycles. The third-order valence-electron chi connectivity index (χ3n) is 5.88. The van der Waals surface area contributed by atoms with Gasteiger partial charge in [-0.15, -0.1) is 0 Å². The summed E-state index contributed by atoms with van der Waals surface area (Å²) in [7, 11) is 0. The number of thiocarbonyl (C=S) groups is 1. The van der Waals surface area contributed by atoms with Crippen LogP contribution in [-0.2, 0) is 9.59 Å². The quantitative estimate of drug-likeness (QED) is 0.484. The Morgan fingerprint density at radius 2 is 1.28 bits per heavy atom. The molecule has 2 aromatic carbocycles. The fourth-order valence-electron chi connectivity index (χ4n) is 4.70. The van der Waals surface area contributed by atoms with E-state index in [0.717, 1.165) is 0 Å². The highest BCUT2D eigenvalue weighted by Crippen LogP contribution is 2.57. The number of nitrogens with one attached hydrogen (secondary N) is 2. The molecule has 4 rings (SSSR count). The zero-order chi connectivity index (χ0) is 20.8. The zero-order valence-corrected chi connectivity index (χ0v) is 17.5. The Morgan fingerprint density at radius 1 is 0.862 bits per heavy atom. The Hall–Kier alpha value is -1.99. The maximum absolute atomic E-state index is 13.5. The second kappa shape index (κ2) is 7.69. The van der Waals surface area contributed by atoms with Crippen LogP contribution in [0.15, 0.2) is 48.5 Å². The average Bonchev–Trinajstić information content (AvgIpc) is 2.67. The van der Waals surface area contributed by atoms with Crippen molar-refractivity contribution < 1.29 is 14.7 Å². The van der Waals surface area contributed by atoms with E-state index in [1.807, 2.05) is 0 Å². The van der Waals surface area contributed by atoms with Crippen molar-refractivity contribution >= 4 is 52.3 Å². The molecule has 0 bridgehead atoms. The van der Waals surface area contributed by atoms with Crippen LogP contribution >= 0.6 is 35.4 Å². The number of halogens is 2. The monoisotopic (exact) mass is 448 g/mol. The molecule has 2 aliphatic rings. The summed E-state index contributed by atoms with van der Waals surface area (Å²) in [6, 6.07) is 14.1. The van der Waals surface area contributed by atoms with E-state index >= 15 is 0 Å². The van der Waals surface area contributed by atoms with Gasteiger partial charge in [0, 0.05) is 21.9 Å². The van der Waals surface area contributed by atoms with Crippen LogP contribution in [0.1, 0.15) is 35.8 Å². The van der Waals surface area contributed by atoms with Gasteiger partial charge in [0.25, 0.3) is 0 Å². The number of hydrogen-bond donors (Lipinski definition) is 3. The number of aliphatic hydroxyl groups excluding tert-OH is 1. The minimum absolute atomic E-state index is 0.0347. The Labute approximate surface area is 183 Å². The van der Waals surface area contributed by atoms with Crippen molar-refractivity contribution in [2.45, 2.75) is 30.8 Å². The standard InChI is InChI=1S/C21H18Cl2N2O3S/c22-16-7-3-1-5-12(16)14-9-11(26)10-15(13-6-2-4-8-17(13)23)21(14)18(27)24-20(29)25-19(21)28/h1-8,11,14-15,26H,9-10H2,(H2,24,25,27,28,29)/t14-,15-/m1/s1. The molecule has 8 heteroatoms. The molecular formula is C21H18Cl2N2O3S. The summed E-state index contributed by atoms with van der Waals surface area (Å²) >= 11 is 18.0. The Morgan fingerprint density at radius 3 is 1.69 bits per heavy atom. The predicted molar refractivity (Wildman–Crippen MR) is 115 cm³/mol. The van der Waals surface area contributed by atoms with Crippen LogP contribution in [0.2, 0.25) is 10.0 Å². The van der Waals surface area contributed by atoms with E-state index in [-0.39, 0.29) is 18.0 Å². The van der Waals surface area contributed by atoms with Crippen molar-refractivity contribution in [3.63, 3.8) is 0 Å². The first-order valence-corrected chi connectivity index (χ1v) is 10.4. The summed E-state index contributed by atoms with van der Waals surface area (Å²) in [4.78, 5) is 26.9. The summed E-state index contributed by atoms with van der Waals surface area (Å²) in [5, 5.41) is 16.8. The molecule has 1 aliphatic carbocycles. The molecule has 0 radical (unpaired) electrons. The highest BCUT2D eigenvalue weighted by molar-refractivity contribution is 7.80. The minimum atomic E-state index is -1.56. The second-order valence-corrected chi connectivity index (χ2v) is 8.60. The first kappa shape index (κ1) is 20.3. The smallest absolute Gasteiger partial charge is 0.243 e. The number of amides is 2. The first-order chi connectivity index (χ1) is 13.9. The largest absolute Gasteiger partial charge is 0.393 e. The lowest BCUT2D eigenvalue weighted by Gasteiger charge is -2.50. The van der Waals surface area contributed by atoms with Crippen molar-refractivity contribution in [1.82, 2.24) is 10.6 Å². The molecule has 2 aromatic rings. The number of carbonyl (C=O) groups is 2. The molecule has 5 nitrogen and oxygen atoms in total. The van der Waals surface area contributed by atoms with Crippen LogP contribution in [0.25, 0.3) is 0 Å². The van der Waals surface area contributed by atoms with Crippen molar-refractivity contribution in [2.75, 3.05) is 0 Å². The van der Waals surface area contributed by atoms with Gasteiger partial charge in [0.15, 0.2) is 5.11 Å². The van der Waals surface area contributed by atoms with Crippen molar-refractivity contribution in [2.24, 2.45) is 5.41 Å². The molecule has 0 aromatic heterocycles. The summed E-state index contributed by atoms with van der Waals surface area (Å²) in [5.74, 6) is -2.34. The third-order valence-corrected chi connectivity index (χ3v) is 6.77. The molecule has 29 heavy (non-hydrogen) atoms. The predicted octanol–water partition coefficient (Wildman–Crippen LogP) is 3.53. The summed E-state index contributed by atoms with van der Waals surface area (Å²) < 4.78 is 0. The molecule has 0 unspecified atom stereocenters. The number of rotatable bonds is 2. The minimum Gasteiger partial charge on any atom is -0.393 e. The van der Waals surface area contributed by atoms with Gasteiger partial charge >= 0.3 is 0 Å². The number of aliphatic hydroxyl groups is 1. The topological polar surface area (TPSA) is 78.4 Å². The molecule has 3 N–H and O–H groups in total. The van der Waals surface area contributed by atoms with E-state index in [2.05, 4.69) is 10.6 Å². The lowest BCUT2D eigenvalue weighted by molar-refractivity contribution is -0.151. The molecule has 1 aliphatic heterocycles. The van der Waals surface area contributed by atoms with Gasteiger partial charge in [0.1, 0.15) is 5.41 Å². The summed E-state index contributed by atoms with van der Waals surface area (Å²) in [6.07, 6.45) is -0.325. The maximum Gasteiger partial charge on any atom is 0.243 e. The summed E-state index contributed by atoms with van der Waals surface area (Å²) in [5.41, 5.74) is -0.302. The van der Waals surface area contributed by atoms with E-state index in [4.69, 9.17) is 35.4 Å². The fraction of sp³-hybridized carbons (Fsp3) is 0.286. The van der Waals surface area contributed by atoms with Crippen LogP contribution < -0.4 is 10.6 Å². The van der Waals surface area contributed by atoms with Gasteiger partial charge in [0.05, 0.1) is 6.10 Å². The van der Waals surface area contributed by atoms with E-state index in [9.17, 15) is 14.7 Å². The highest BCUT2D eigenvalue weighted by atomic mass is 35.5. The molecule has 2 atom stereocenters. The van der Waals surface area contributed by atoms with E-state index in [1.165, 1.54) is 0 Å². The van der Waals surface area contributed by atoms with Crippen LogP contribution in [0.5, 0.6) is 0 Å². The van der Waals surface area contributed by atoms with Crippen LogP contribution in [0.4, 0.5) is 0 Å². The van der Waals surface area contributed by atoms with E-state index < -0.39 is 35.2 Å². The Bertz CT molecular complexity index is 935. The van der Waals surface area contributed by atoms with Crippen LogP contribution in [0.3, 0.4) is 0 Å². The molecule has 1 spiro atoms. The van der Waals surface area contributed by atoms with Gasteiger partial charge in [0.2, 0.25) is 11.8 Å². The Kier molecular flexibility index (Phi) is 5.38. The van der Waals surface area contributed by atoms with Gasteiger partial charge in [-0.3, -0.25) is 9.59 Å². The first-order valence-electron chi connectivity index (χ1n) is 9.19. The zero-order valence-electron chi connectivity index (χ0n) is 15.2. The van der Waals surface area contributed by atoms with Gasteiger partial charge in [-0.25, -0.2) is 0 Å². The SMILES string of the molecule is O=C1NC(=S)NC(=O)C12[C@@H](c1ccccc1Cl)CC(O)C[C@@H]2c1ccccc1Cl. The van der Waals surface area contributed by atoms with Crippen molar-refractivity contribution in [3.8, 4) is 0 Å². The van der Waals surface area contributed by atoms with Crippen molar-refractivity contribution in [1.29, 1.82) is 0 Å². The molecule has 1 saturated carbocycles. The molecular weight excluding hydrogens is 431 g/mol. The van der Waals surface area contributed by atoms with Gasteiger partial charge in [-0.05, 0) is 48.3 Å². The number of carbonyl (C=O) groups excluding carboxylic acids is 2. The van der Waals surface area contributed by atoms with Crippen molar-refractivity contribution in [3.05, 3.63) is 69.7 Å². The normalized spacial score (nSPS) is 26.2. The van der Waals surface area contributed by atoms with Gasteiger partial charge in [-0.1, -0.05) is 59.6 Å². The Balaban J connectivity index is 1.99. The maximum atomic E-state index is 13.5. The number of hydrogen-bond acceptors (Lipinski definition) is 4. The highest BCUT2D eigenvalue weighted by Gasteiger charge is 2.63. The van der Waals surface area contributed by atoms with Gasteiger partial charge < -0.3 is 15.7 Å². The van der Waals surface area contributed by atoms with Crippen LogP contribution in [0, 0.1) is 5.41 Å². The van der Waals surface area contributed by atoms with E-state index in [1.54, 1.807) is 48.5 Å². The molecule has 2 amide bonds. The number of benzene rings is 2. The average molecular weight is 449 g/mol. The third kappa shape index (κ3) is 3.24. The van der Waals surface area contributed by atoms with Gasteiger partial charge in [-0.2, -0.15) is 0 Å². The lowest BCUT2D eigenvalue weighted by Crippen LogP contribution is -2.67.